The monoisotopic (exact) mass is 157 g/mol. The molecule has 0 aliphatic heterocycles. The van der Waals surface area contributed by atoms with Gasteiger partial charge in [0.25, 0.3) is 0 Å². The second-order valence-corrected chi connectivity index (χ2v) is 1.94. The summed E-state index contributed by atoms with van der Waals surface area (Å²) in [7, 11) is 0. The summed E-state index contributed by atoms with van der Waals surface area (Å²) in [4.78, 5) is 24.0. The van der Waals surface area contributed by atoms with Crippen LogP contribution in [0.2, 0.25) is 0 Å². The third-order valence-electron chi connectivity index (χ3n) is 0.800. The lowest BCUT2D eigenvalue weighted by molar-refractivity contribution is -0.135. The van der Waals surface area contributed by atoms with Crippen molar-refractivity contribution in [3.63, 3.8) is 0 Å². The molecule has 0 aromatic rings. The molecule has 0 aromatic heterocycles. The highest BCUT2D eigenvalue weighted by Crippen LogP contribution is 1.80. The lowest BCUT2D eigenvalue weighted by atomic mass is 10.5. The summed E-state index contributed by atoms with van der Waals surface area (Å²) in [6.45, 7) is 3.52. The molecule has 4 nitrogen and oxygen atoms in total. The summed E-state index contributed by atoms with van der Waals surface area (Å²) in [6.07, 6.45) is 1.65. The maximum absolute atomic E-state index is 10.6. The number of ether oxygens (including phenoxy) is 1. The Hall–Kier alpha value is -1.19. The van der Waals surface area contributed by atoms with Gasteiger partial charge in [-0.25, -0.2) is 9.79 Å². The summed E-state index contributed by atoms with van der Waals surface area (Å²) in [6, 6.07) is 0. The van der Waals surface area contributed by atoms with Crippen LogP contribution >= 0.6 is 0 Å². The van der Waals surface area contributed by atoms with Crippen molar-refractivity contribution in [2.45, 2.75) is 20.3 Å². The van der Waals surface area contributed by atoms with Crippen molar-refractivity contribution in [1.29, 1.82) is 0 Å². The summed E-state index contributed by atoms with van der Waals surface area (Å²) in [5, 5.41) is 0. The Balaban J connectivity index is 3.60. The average Bonchev–Trinajstić information content (AvgIpc) is 1.97. The highest BCUT2D eigenvalue weighted by Gasteiger charge is 1.95. The van der Waals surface area contributed by atoms with Gasteiger partial charge in [-0.1, -0.05) is 6.92 Å². The van der Waals surface area contributed by atoms with E-state index in [4.69, 9.17) is 0 Å². The van der Waals surface area contributed by atoms with E-state index in [1.165, 1.54) is 6.92 Å². The molecule has 62 valence electrons. The van der Waals surface area contributed by atoms with Gasteiger partial charge in [0.05, 0.1) is 6.61 Å². The highest BCUT2D eigenvalue weighted by atomic mass is 16.5. The van der Waals surface area contributed by atoms with E-state index in [-0.39, 0.29) is 0 Å². The van der Waals surface area contributed by atoms with Gasteiger partial charge in [-0.15, -0.1) is 0 Å². The molecule has 0 aliphatic rings. The van der Waals surface area contributed by atoms with E-state index < -0.39 is 11.9 Å². The molecule has 1 amide bonds. The number of esters is 1. The van der Waals surface area contributed by atoms with E-state index in [0.29, 0.717) is 6.61 Å². The topological polar surface area (TPSA) is 55.7 Å². The second-order valence-electron chi connectivity index (χ2n) is 1.94. The van der Waals surface area contributed by atoms with Crippen molar-refractivity contribution >= 4 is 18.1 Å². The van der Waals surface area contributed by atoms with Crippen molar-refractivity contribution < 1.29 is 14.3 Å². The van der Waals surface area contributed by atoms with Crippen LogP contribution in [0.1, 0.15) is 20.3 Å². The van der Waals surface area contributed by atoms with Crippen LogP contribution in [0.4, 0.5) is 0 Å². The Bertz CT molecular complexity index is 175. The Kier molecular flexibility index (Phi) is 4.98. The van der Waals surface area contributed by atoms with Gasteiger partial charge >= 0.3 is 5.97 Å². The van der Waals surface area contributed by atoms with Crippen LogP contribution in [0.5, 0.6) is 0 Å². The first-order valence-corrected chi connectivity index (χ1v) is 3.38. The molecule has 0 radical (unpaired) electrons. The molecular weight excluding hydrogens is 146 g/mol. The van der Waals surface area contributed by atoms with Crippen LogP contribution < -0.4 is 0 Å². The zero-order valence-electron chi connectivity index (χ0n) is 6.66. The molecule has 0 N–H and O–H groups in total. The minimum absolute atomic E-state index is 0.364. The molecule has 0 unspecified atom stereocenters. The van der Waals surface area contributed by atoms with Gasteiger partial charge in [0, 0.05) is 6.92 Å². The summed E-state index contributed by atoms with van der Waals surface area (Å²) >= 11 is 0. The van der Waals surface area contributed by atoms with E-state index in [0.717, 1.165) is 12.6 Å². The molecule has 0 aliphatic carbocycles. The first-order chi connectivity index (χ1) is 5.16. The molecule has 0 fully saturated rings. The Morgan fingerprint density at radius 3 is 2.64 bits per heavy atom. The Labute approximate surface area is 65.3 Å². The average molecular weight is 157 g/mol. The van der Waals surface area contributed by atoms with E-state index >= 15 is 0 Å². The number of carbonyl (C=O) groups excluding carboxylic acids is 2. The number of amides is 1. The fraction of sp³-hybridized carbons (Fsp3) is 0.571. The van der Waals surface area contributed by atoms with Crippen molar-refractivity contribution in [3.8, 4) is 0 Å². The second kappa shape index (κ2) is 5.58. The van der Waals surface area contributed by atoms with Gasteiger partial charge in [-0.2, -0.15) is 0 Å². The van der Waals surface area contributed by atoms with Crippen molar-refractivity contribution in [1.82, 2.24) is 0 Å². The third kappa shape index (κ3) is 6.70. The molecule has 0 bridgehead atoms. The Morgan fingerprint density at radius 2 is 2.18 bits per heavy atom. The number of carbonyl (C=O) groups is 2. The summed E-state index contributed by atoms with van der Waals surface area (Å²) in [5.74, 6) is -0.972. The van der Waals surface area contributed by atoms with Crippen LogP contribution in [0.3, 0.4) is 0 Å². The normalized spacial score (nSPS) is 10.0. The lowest BCUT2D eigenvalue weighted by Gasteiger charge is -1.95. The molecule has 0 heterocycles. The third-order valence-corrected chi connectivity index (χ3v) is 0.800. The van der Waals surface area contributed by atoms with E-state index in [1.54, 1.807) is 0 Å². The first-order valence-electron chi connectivity index (χ1n) is 3.38. The fourth-order valence-corrected chi connectivity index (χ4v) is 0.384. The van der Waals surface area contributed by atoms with Crippen molar-refractivity contribution in [2.24, 2.45) is 4.99 Å². The van der Waals surface area contributed by atoms with Gasteiger partial charge in [0.15, 0.2) is 0 Å². The number of hydrogen-bond acceptors (Lipinski definition) is 3. The molecule has 0 spiro atoms. The molecule has 0 aromatic carbocycles. The number of hydrogen-bond donors (Lipinski definition) is 0. The van der Waals surface area contributed by atoms with E-state index in [9.17, 15) is 9.59 Å². The predicted octanol–water partition coefficient (Wildman–Crippen LogP) is 0.557. The van der Waals surface area contributed by atoms with Crippen molar-refractivity contribution in [2.75, 3.05) is 6.61 Å². The fourth-order valence-electron chi connectivity index (χ4n) is 0.384. The zero-order chi connectivity index (χ0) is 8.69. The van der Waals surface area contributed by atoms with E-state index in [1.807, 2.05) is 6.92 Å². The Morgan fingerprint density at radius 1 is 1.55 bits per heavy atom. The van der Waals surface area contributed by atoms with Crippen LogP contribution in [-0.2, 0) is 14.3 Å². The standard InChI is InChI=1S/C7H11NO3/c1-3-4-11-7(10)5-8-6(2)9/h5H,3-4H2,1-2H3. The van der Waals surface area contributed by atoms with Crippen molar-refractivity contribution in [3.05, 3.63) is 0 Å². The number of rotatable bonds is 3. The molecule has 0 rings (SSSR count). The van der Waals surface area contributed by atoms with Gasteiger partial charge in [-0.05, 0) is 6.42 Å². The SMILES string of the molecule is CCCOC(=O)C=NC(C)=O. The van der Waals surface area contributed by atoms with Crippen LogP contribution in [0.25, 0.3) is 0 Å². The molecular formula is C7H11NO3. The quantitative estimate of drug-likeness (QED) is 0.444. The van der Waals surface area contributed by atoms with Crippen LogP contribution in [0, 0.1) is 0 Å². The van der Waals surface area contributed by atoms with Crippen LogP contribution in [0.15, 0.2) is 4.99 Å². The molecule has 4 heteroatoms. The number of aliphatic imine (C=N–C) groups is 1. The highest BCUT2D eigenvalue weighted by molar-refractivity contribution is 6.25. The van der Waals surface area contributed by atoms with Gasteiger partial charge in [0.1, 0.15) is 6.21 Å². The number of nitrogens with zero attached hydrogens (tertiary/aromatic N) is 1. The minimum Gasteiger partial charge on any atom is -0.461 e. The minimum atomic E-state index is -0.568. The summed E-state index contributed by atoms with van der Waals surface area (Å²) in [5.41, 5.74) is 0. The maximum atomic E-state index is 10.6. The molecule has 0 saturated heterocycles. The first kappa shape index (κ1) is 9.81. The summed E-state index contributed by atoms with van der Waals surface area (Å²) < 4.78 is 4.60. The molecule has 0 saturated carbocycles. The zero-order valence-corrected chi connectivity index (χ0v) is 6.66. The lowest BCUT2D eigenvalue weighted by Crippen LogP contribution is -2.07. The maximum Gasteiger partial charge on any atom is 0.349 e. The van der Waals surface area contributed by atoms with Gasteiger partial charge in [0.2, 0.25) is 5.91 Å². The van der Waals surface area contributed by atoms with E-state index in [2.05, 4.69) is 9.73 Å². The molecule has 11 heavy (non-hydrogen) atoms. The smallest absolute Gasteiger partial charge is 0.349 e. The van der Waals surface area contributed by atoms with Gasteiger partial charge < -0.3 is 4.74 Å². The molecule has 0 atom stereocenters. The predicted molar refractivity (Wildman–Crippen MR) is 40.4 cm³/mol. The largest absolute Gasteiger partial charge is 0.461 e. The van der Waals surface area contributed by atoms with Gasteiger partial charge in [-0.3, -0.25) is 4.79 Å². The van der Waals surface area contributed by atoms with Crippen LogP contribution in [-0.4, -0.2) is 24.7 Å².